The zero-order valence-corrected chi connectivity index (χ0v) is 16.7. The van der Waals surface area contributed by atoms with Crippen molar-refractivity contribution in [2.45, 2.75) is 6.92 Å². The van der Waals surface area contributed by atoms with E-state index >= 15 is 0 Å². The normalized spacial score (nSPS) is 15.2. The summed E-state index contributed by atoms with van der Waals surface area (Å²) in [7, 11) is 0. The number of anilines is 1. The van der Waals surface area contributed by atoms with Crippen molar-refractivity contribution in [1.29, 1.82) is 0 Å². The van der Waals surface area contributed by atoms with Gasteiger partial charge in [-0.1, -0.05) is 29.3 Å². The highest BCUT2D eigenvalue weighted by Gasteiger charge is 2.25. The van der Waals surface area contributed by atoms with Gasteiger partial charge in [-0.05, 0) is 30.7 Å². The zero-order chi connectivity index (χ0) is 19.4. The molecule has 2 heterocycles. The summed E-state index contributed by atoms with van der Waals surface area (Å²) in [6, 6.07) is 7.16. The fourth-order valence-corrected chi connectivity index (χ4v) is 3.51. The van der Waals surface area contributed by atoms with Gasteiger partial charge in [0.15, 0.2) is 0 Å². The highest BCUT2D eigenvalue weighted by atomic mass is 35.5. The number of aromatic amines is 1. The summed E-state index contributed by atoms with van der Waals surface area (Å²) in [5.41, 5.74) is 2.14. The number of halogens is 2. The predicted octanol–water partition coefficient (Wildman–Crippen LogP) is 3.28. The first-order chi connectivity index (χ1) is 13.0. The lowest BCUT2D eigenvalue weighted by atomic mass is 10.1. The van der Waals surface area contributed by atoms with Gasteiger partial charge in [-0.3, -0.25) is 4.90 Å². The lowest BCUT2D eigenvalue weighted by Gasteiger charge is -2.35. The van der Waals surface area contributed by atoms with Gasteiger partial charge < -0.3 is 19.7 Å². The van der Waals surface area contributed by atoms with E-state index in [9.17, 15) is 4.79 Å². The molecule has 1 aliphatic rings. The Morgan fingerprint density at radius 2 is 1.93 bits per heavy atom. The van der Waals surface area contributed by atoms with Crippen LogP contribution in [0.2, 0.25) is 10.0 Å². The van der Waals surface area contributed by atoms with E-state index in [1.807, 2.05) is 6.07 Å². The molecule has 0 radical (unpaired) electrons. The van der Waals surface area contributed by atoms with E-state index in [1.54, 1.807) is 25.1 Å². The average molecular weight is 412 g/mol. The number of benzene rings is 1. The molecule has 1 aliphatic heterocycles. The fourth-order valence-electron chi connectivity index (χ4n) is 3.21. The van der Waals surface area contributed by atoms with Crippen molar-refractivity contribution in [2.24, 2.45) is 0 Å². The predicted molar refractivity (Wildman–Crippen MR) is 108 cm³/mol. The number of esters is 1. The molecule has 3 rings (SSSR count). The van der Waals surface area contributed by atoms with Gasteiger partial charge in [0.2, 0.25) is 0 Å². The molecule has 0 bridgehead atoms. The molecule has 146 valence electrons. The van der Waals surface area contributed by atoms with Gasteiger partial charge in [-0.2, -0.15) is 0 Å². The van der Waals surface area contributed by atoms with E-state index in [-0.39, 0.29) is 12.6 Å². The third-order valence-electron chi connectivity index (χ3n) is 4.63. The van der Waals surface area contributed by atoms with Gasteiger partial charge in [0.25, 0.3) is 0 Å². The number of ether oxygens (including phenoxy) is 1. The number of hydrogen-bond donors (Lipinski definition) is 2. The van der Waals surface area contributed by atoms with E-state index in [0.29, 0.717) is 28.8 Å². The number of nitrogens with one attached hydrogen (secondary N) is 1. The second-order valence-corrected chi connectivity index (χ2v) is 7.16. The maximum Gasteiger partial charge on any atom is 0.341 e. The first-order valence-electron chi connectivity index (χ1n) is 8.97. The summed E-state index contributed by atoms with van der Waals surface area (Å²) in [5, 5.41) is 10.0. The number of aliphatic hydroxyl groups excluding tert-OH is 1. The number of H-pyrrole nitrogens is 1. The third kappa shape index (κ3) is 4.58. The van der Waals surface area contributed by atoms with Crippen LogP contribution in [0.1, 0.15) is 17.3 Å². The molecule has 0 aliphatic carbocycles. The van der Waals surface area contributed by atoms with Crippen LogP contribution in [0.4, 0.5) is 5.82 Å². The number of aromatic nitrogens is 1. The molecule has 1 saturated heterocycles. The Kier molecular flexibility index (Phi) is 6.65. The van der Waals surface area contributed by atoms with Crippen molar-refractivity contribution in [2.75, 3.05) is 50.8 Å². The number of nitrogens with zero attached hydrogens (tertiary/aromatic N) is 2. The second kappa shape index (κ2) is 8.97. The van der Waals surface area contributed by atoms with Gasteiger partial charge in [-0.25, -0.2) is 4.79 Å². The zero-order valence-electron chi connectivity index (χ0n) is 15.2. The molecule has 6 nitrogen and oxygen atoms in total. The Hall–Kier alpha value is -1.73. The Morgan fingerprint density at radius 3 is 2.56 bits per heavy atom. The molecular formula is C19H23Cl2N3O3. The summed E-state index contributed by atoms with van der Waals surface area (Å²) in [6.07, 6.45) is 0. The Labute approximate surface area is 168 Å². The maximum absolute atomic E-state index is 12.5. The minimum atomic E-state index is -0.354. The minimum absolute atomic E-state index is 0.151. The van der Waals surface area contributed by atoms with Gasteiger partial charge >= 0.3 is 5.97 Å². The molecule has 27 heavy (non-hydrogen) atoms. The standard InChI is InChI=1S/C19H23Cl2N3O3/c1-2-27-19(26)14-12-17(13-3-4-15(20)16(21)11-13)22-18(14)24-7-5-23(6-8-24)9-10-25/h3-4,11-12,22,25H,2,5-10H2,1H3. The summed E-state index contributed by atoms with van der Waals surface area (Å²) in [4.78, 5) is 20.2. The smallest absolute Gasteiger partial charge is 0.341 e. The maximum atomic E-state index is 12.5. The minimum Gasteiger partial charge on any atom is -0.462 e. The summed E-state index contributed by atoms with van der Waals surface area (Å²) >= 11 is 12.2. The number of carbonyl (C=O) groups excluding carboxylic acids is 1. The van der Waals surface area contributed by atoms with Crippen molar-refractivity contribution in [3.8, 4) is 11.3 Å². The molecule has 2 aromatic rings. The van der Waals surface area contributed by atoms with Crippen molar-refractivity contribution < 1.29 is 14.6 Å². The topological polar surface area (TPSA) is 68.8 Å². The van der Waals surface area contributed by atoms with E-state index in [4.69, 9.17) is 33.0 Å². The van der Waals surface area contributed by atoms with Crippen LogP contribution < -0.4 is 4.90 Å². The molecule has 2 N–H and O–H groups in total. The number of aliphatic hydroxyl groups is 1. The van der Waals surface area contributed by atoms with Crippen LogP contribution >= 0.6 is 23.2 Å². The summed E-state index contributed by atoms with van der Waals surface area (Å²) in [6.45, 7) is 6.08. The molecule has 1 fully saturated rings. The molecule has 0 unspecified atom stereocenters. The van der Waals surface area contributed by atoms with Crippen molar-refractivity contribution in [1.82, 2.24) is 9.88 Å². The van der Waals surface area contributed by atoms with Crippen molar-refractivity contribution in [3.05, 3.63) is 39.9 Å². The van der Waals surface area contributed by atoms with Gasteiger partial charge in [-0.15, -0.1) is 0 Å². The average Bonchev–Trinajstić information content (AvgIpc) is 3.10. The van der Waals surface area contributed by atoms with Crippen LogP contribution in [0.5, 0.6) is 0 Å². The molecule has 0 spiro atoms. The molecule has 1 aromatic carbocycles. The molecule has 8 heteroatoms. The Morgan fingerprint density at radius 1 is 1.19 bits per heavy atom. The van der Waals surface area contributed by atoms with Crippen molar-refractivity contribution >= 4 is 35.0 Å². The molecule has 1 aromatic heterocycles. The van der Waals surface area contributed by atoms with Crippen LogP contribution in [0, 0.1) is 0 Å². The van der Waals surface area contributed by atoms with Crippen LogP contribution in [0.3, 0.4) is 0 Å². The van der Waals surface area contributed by atoms with Crippen LogP contribution in [-0.4, -0.2) is 66.9 Å². The Bertz CT molecular complexity index is 801. The van der Waals surface area contributed by atoms with Crippen LogP contribution in [-0.2, 0) is 4.74 Å². The number of piperazine rings is 1. The highest BCUT2D eigenvalue weighted by molar-refractivity contribution is 6.42. The van der Waals surface area contributed by atoms with E-state index < -0.39 is 0 Å². The highest BCUT2D eigenvalue weighted by Crippen LogP contribution is 2.32. The lowest BCUT2D eigenvalue weighted by molar-refractivity contribution is 0.0527. The van der Waals surface area contributed by atoms with Gasteiger partial charge in [0, 0.05) is 38.4 Å². The number of β-amino-alcohol motifs (C(OH)–C–C–N with tert-alkyl or cyclic N) is 1. The number of carbonyl (C=O) groups is 1. The number of rotatable bonds is 6. The molecule has 0 amide bonds. The third-order valence-corrected chi connectivity index (χ3v) is 5.37. The van der Waals surface area contributed by atoms with E-state index in [0.717, 1.165) is 43.3 Å². The van der Waals surface area contributed by atoms with Crippen LogP contribution in [0.25, 0.3) is 11.3 Å². The molecule has 0 saturated carbocycles. The molecular weight excluding hydrogens is 389 g/mol. The Balaban J connectivity index is 1.90. The van der Waals surface area contributed by atoms with Crippen molar-refractivity contribution in [3.63, 3.8) is 0 Å². The SMILES string of the molecule is CCOC(=O)c1cc(-c2ccc(Cl)c(Cl)c2)[nH]c1N1CCN(CCO)CC1. The van der Waals surface area contributed by atoms with Gasteiger partial charge in [0.1, 0.15) is 11.4 Å². The van der Waals surface area contributed by atoms with Crippen LogP contribution in [0.15, 0.2) is 24.3 Å². The fraction of sp³-hybridized carbons (Fsp3) is 0.421. The monoisotopic (exact) mass is 411 g/mol. The summed E-state index contributed by atoms with van der Waals surface area (Å²) < 4.78 is 5.23. The first kappa shape index (κ1) is 20.0. The second-order valence-electron chi connectivity index (χ2n) is 6.35. The van der Waals surface area contributed by atoms with E-state index in [1.165, 1.54) is 0 Å². The largest absolute Gasteiger partial charge is 0.462 e. The number of hydrogen-bond acceptors (Lipinski definition) is 5. The van der Waals surface area contributed by atoms with E-state index in [2.05, 4.69) is 14.8 Å². The quantitative estimate of drug-likeness (QED) is 0.713. The van der Waals surface area contributed by atoms with Gasteiger partial charge in [0.05, 0.1) is 23.3 Å². The lowest BCUT2D eigenvalue weighted by Crippen LogP contribution is -2.47. The molecule has 0 atom stereocenters. The first-order valence-corrected chi connectivity index (χ1v) is 9.72. The summed E-state index contributed by atoms with van der Waals surface area (Å²) in [5.74, 6) is 0.394.